The number of hydrogen-bond acceptors (Lipinski definition) is 2. The molecule has 1 amide bonds. The second-order valence-corrected chi connectivity index (χ2v) is 4.24. The molecule has 0 heterocycles. The van der Waals surface area contributed by atoms with Gasteiger partial charge in [-0.2, -0.15) is 0 Å². The molecule has 1 aromatic carbocycles. The molecule has 0 aromatic heterocycles. The zero-order chi connectivity index (χ0) is 12.5. The van der Waals surface area contributed by atoms with E-state index in [0.29, 0.717) is 18.4 Å². The standard InChI is InChI=1S/C12H12FNO3/c13-9-3-1-8(2-4-9)7-10(15)14-12(5-6-12)11(16)17/h1-4H,5-7H2,(H,14,15)(H,16,17). The molecule has 5 heteroatoms. The van der Waals surface area contributed by atoms with E-state index in [0.717, 1.165) is 0 Å². The van der Waals surface area contributed by atoms with Crippen molar-refractivity contribution in [3.63, 3.8) is 0 Å². The topological polar surface area (TPSA) is 66.4 Å². The van der Waals surface area contributed by atoms with Crippen LogP contribution in [-0.2, 0) is 16.0 Å². The van der Waals surface area contributed by atoms with Crippen molar-refractivity contribution in [2.45, 2.75) is 24.8 Å². The summed E-state index contributed by atoms with van der Waals surface area (Å²) < 4.78 is 12.6. The first-order valence-corrected chi connectivity index (χ1v) is 5.31. The van der Waals surface area contributed by atoms with Crippen LogP contribution in [0.2, 0.25) is 0 Å². The molecule has 0 aliphatic heterocycles. The van der Waals surface area contributed by atoms with Crippen LogP contribution in [0.15, 0.2) is 24.3 Å². The monoisotopic (exact) mass is 237 g/mol. The highest BCUT2D eigenvalue weighted by Gasteiger charge is 2.51. The number of benzene rings is 1. The maximum absolute atomic E-state index is 12.6. The van der Waals surface area contributed by atoms with Crippen molar-refractivity contribution < 1.29 is 19.1 Å². The molecular weight excluding hydrogens is 225 g/mol. The maximum Gasteiger partial charge on any atom is 0.329 e. The van der Waals surface area contributed by atoms with E-state index in [-0.39, 0.29) is 18.1 Å². The smallest absolute Gasteiger partial charge is 0.329 e. The quantitative estimate of drug-likeness (QED) is 0.824. The molecule has 2 N–H and O–H groups in total. The van der Waals surface area contributed by atoms with E-state index >= 15 is 0 Å². The van der Waals surface area contributed by atoms with Gasteiger partial charge in [0.05, 0.1) is 6.42 Å². The van der Waals surface area contributed by atoms with E-state index < -0.39 is 11.5 Å². The minimum absolute atomic E-state index is 0.0648. The Bertz CT molecular complexity index is 451. The lowest BCUT2D eigenvalue weighted by atomic mass is 10.1. The minimum Gasteiger partial charge on any atom is -0.480 e. The number of carbonyl (C=O) groups excluding carboxylic acids is 1. The Labute approximate surface area is 97.4 Å². The molecule has 1 fully saturated rings. The third-order valence-corrected chi connectivity index (χ3v) is 2.82. The first kappa shape index (κ1) is 11.6. The summed E-state index contributed by atoms with van der Waals surface area (Å²) in [6.45, 7) is 0. The molecule has 4 nitrogen and oxygen atoms in total. The summed E-state index contributed by atoms with van der Waals surface area (Å²) in [4.78, 5) is 22.4. The van der Waals surface area contributed by atoms with Gasteiger partial charge in [0.2, 0.25) is 5.91 Å². The molecule has 1 aromatic rings. The number of carboxylic acids is 1. The first-order chi connectivity index (χ1) is 8.02. The molecule has 1 aliphatic rings. The van der Waals surface area contributed by atoms with Crippen LogP contribution in [0.3, 0.4) is 0 Å². The van der Waals surface area contributed by atoms with Gasteiger partial charge < -0.3 is 10.4 Å². The molecule has 0 bridgehead atoms. The van der Waals surface area contributed by atoms with Crippen LogP contribution in [0.5, 0.6) is 0 Å². The lowest BCUT2D eigenvalue weighted by Crippen LogP contribution is -2.43. The Morgan fingerprint density at radius 1 is 1.29 bits per heavy atom. The molecule has 0 atom stereocenters. The fourth-order valence-electron chi connectivity index (χ4n) is 1.62. The van der Waals surface area contributed by atoms with Crippen molar-refractivity contribution in [3.05, 3.63) is 35.6 Å². The zero-order valence-corrected chi connectivity index (χ0v) is 9.07. The third-order valence-electron chi connectivity index (χ3n) is 2.82. The summed E-state index contributed by atoms with van der Waals surface area (Å²) in [6, 6.07) is 5.56. The summed E-state index contributed by atoms with van der Waals surface area (Å²) in [7, 11) is 0. The van der Waals surface area contributed by atoms with Crippen molar-refractivity contribution in [3.8, 4) is 0 Å². The SMILES string of the molecule is O=C(Cc1ccc(F)cc1)NC1(C(=O)O)CC1. The number of amides is 1. The van der Waals surface area contributed by atoms with Crippen LogP contribution < -0.4 is 5.32 Å². The van der Waals surface area contributed by atoms with Gasteiger partial charge in [-0.25, -0.2) is 9.18 Å². The van der Waals surface area contributed by atoms with Gasteiger partial charge in [0.15, 0.2) is 0 Å². The predicted molar refractivity (Wildman–Crippen MR) is 57.8 cm³/mol. The van der Waals surface area contributed by atoms with Crippen molar-refractivity contribution in [1.29, 1.82) is 0 Å². The lowest BCUT2D eigenvalue weighted by molar-refractivity contribution is -0.143. The molecule has 1 aliphatic carbocycles. The Balaban J connectivity index is 1.94. The number of carboxylic acid groups (broad SMARTS) is 1. The van der Waals surface area contributed by atoms with Crippen LogP contribution in [0.4, 0.5) is 4.39 Å². The highest BCUT2D eigenvalue weighted by Crippen LogP contribution is 2.35. The number of halogens is 1. The third kappa shape index (κ3) is 2.61. The highest BCUT2D eigenvalue weighted by atomic mass is 19.1. The molecule has 17 heavy (non-hydrogen) atoms. The van der Waals surface area contributed by atoms with Gasteiger partial charge in [0, 0.05) is 0 Å². The Hall–Kier alpha value is -1.91. The van der Waals surface area contributed by atoms with Gasteiger partial charge in [-0.3, -0.25) is 4.79 Å². The normalized spacial score (nSPS) is 16.3. The lowest BCUT2D eigenvalue weighted by Gasteiger charge is -2.12. The van der Waals surface area contributed by atoms with E-state index in [1.54, 1.807) is 0 Å². The fourth-order valence-corrected chi connectivity index (χ4v) is 1.62. The van der Waals surface area contributed by atoms with Crippen molar-refractivity contribution in [2.75, 3.05) is 0 Å². The maximum atomic E-state index is 12.6. The Morgan fingerprint density at radius 3 is 2.35 bits per heavy atom. The fraction of sp³-hybridized carbons (Fsp3) is 0.333. The molecule has 0 spiro atoms. The van der Waals surface area contributed by atoms with E-state index in [1.807, 2.05) is 0 Å². The zero-order valence-electron chi connectivity index (χ0n) is 9.07. The van der Waals surface area contributed by atoms with Gasteiger partial charge in [0.1, 0.15) is 11.4 Å². The second-order valence-electron chi connectivity index (χ2n) is 4.24. The van der Waals surface area contributed by atoms with E-state index in [2.05, 4.69) is 5.32 Å². The summed E-state index contributed by atoms with van der Waals surface area (Å²) in [6.07, 6.45) is 1.00. The van der Waals surface area contributed by atoms with Gasteiger partial charge in [-0.15, -0.1) is 0 Å². The van der Waals surface area contributed by atoms with Crippen LogP contribution in [0.1, 0.15) is 18.4 Å². The van der Waals surface area contributed by atoms with Crippen LogP contribution >= 0.6 is 0 Å². The van der Waals surface area contributed by atoms with Crippen molar-refractivity contribution in [2.24, 2.45) is 0 Å². The molecule has 0 unspecified atom stereocenters. The number of carbonyl (C=O) groups is 2. The Kier molecular flexibility index (Phi) is 2.83. The van der Waals surface area contributed by atoms with Gasteiger partial charge >= 0.3 is 5.97 Å². The predicted octanol–water partition coefficient (Wildman–Crippen LogP) is 1.10. The van der Waals surface area contributed by atoms with Gasteiger partial charge in [0.25, 0.3) is 0 Å². The van der Waals surface area contributed by atoms with Gasteiger partial charge in [-0.05, 0) is 30.5 Å². The largest absolute Gasteiger partial charge is 0.480 e. The van der Waals surface area contributed by atoms with Gasteiger partial charge in [-0.1, -0.05) is 12.1 Å². The van der Waals surface area contributed by atoms with Crippen LogP contribution in [-0.4, -0.2) is 22.5 Å². The average molecular weight is 237 g/mol. The van der Waals surface area contributed by atoms with Crippen molar-refractivity contribution in [1.82, 2.24) is 5.32 Å². The van der Waals surface area contributed by atoms with Crippen LogP contribution in [0, 0.1) is 5.82 Å². The summed E-state index contributed by atoms with van der Waals surface area (Å²) >= 11 is 0. The highest BCUT2D eigenvalue weighted by molar-refractivity contribution is 5.90. The second kappa shape index (κ2) is 4.16. The number of rotatable bonds is 4. The van der Waals surface area contributed by atoms with E-state index in [1.165, 1.54) is 24.3 Å². The van der Waals surface area contributed by atoms with E-state index in [4.69, 9.17) is 5.11 Å². The Morgan fingerprint density at radius 2 is 1.88 bits per heavy atom. The van der Waals surface area contributed by atoms with E-state index in [9.17, 15) is 14.0 Å². The molecule has 1 saturated carbocycles. The number of nitrogens with one attached hydrogen (secondary N) is 1. The summed E-state index contributed by atoms with van der Waals surface area (Å²) in [5.74, 6) is -1.71. The number of hydrogen-bond donors (Lipinski definition) is 2. The molecule has 2 rings (SSSR count). The van der Waals surface area contributed by atoms with Crippen molar-refractivity contribution >= 4 is 11.9 Å². The molecule has 0 radical (unpaired) electrons. The molecule has 0 saturated heterocycles. The van der Waals surface area contributed by atoms with Crippen LogP contribution in [0.25, 0.3) is 0 Å². The summed E-state index contributed by atoms with van der Waals surface area (Å²) in [5, 5.41) is 11.4. The summed E-state index contributed by atoms with van der Waals surface area (Å²) in [5.41, 5.74) is -0.401. The molecule has 90 valence electrons. The average Bonchev–Trinajstić information content (AvgIpc) is 3.02. The first-order valence-electron chi connectivity index (χ1n) is 5.31. The number of aliphatic carboxylic acids is 1. The molecular formula is C12H12FNO3. The minimum atomic E-state index is -1.06.